The molecule has 2 aliphatic heterocycles. The van der Waals surface area contributed by atoms with Gasteiger partial charge in [0.15, 0.2) is 0 Å². The number of rotatable bonds is 11. The summed E-state index contributed by atoms with van der Waals surface area (Å²) < 4.78 is 9.58. The highest BCUT2D eigenvalue weighted by atomic mass is 16.5. The van der Waals surface area contributed by atoms with Gasteiger partial charge in [-0.25, -0.2) is 14.6 Å². The van der Waals surface area contributed by atoms with Gasteiger partial charge in [-0.15, -0.1) is 0 Å². The smallest absolute Gasteiger partial charge is 0.407 e. The number of nitrogens with one attached hydrogen (secondary N) is 4. The molecule has 0 spiro atoms. The summed E-state index contributed by atoms with van der Waals surface area (Å²) in [6.45, 7) is 9.02. The third-order valence-corrected chi connectivity index (χ3v) is 13.5. The van der Waals surface area contributed by atoms with E-state index in [-0.39, 0.29) is 46.6 Å². The van der Waals surface area contributed by atoms with Crippen molar-refractivity contribution in [2.24, 2.45) is 11.8 Å². The van der Waals surface area contributed by atoms with Gasteiger partial charge in [-0.05, 0) is 110 Å². The van der Waals surface area contributed by atoms with Crippen molar-refractivity contribution in [2.45, 2.75) is 127 Å². The zero-order chi connectivity index (χ0) is 39.8. The lowest BCUT2D eigenvalue weighted by Gasteiger charge is -2.54. The van der Waals surface area contributed by atoms with Crippen molar-refractivity contribution >= 4 is 24.0 Å². The first-order chi connectivity index (χ1) is 26.9. The number of H-pyrrole nitrogens is 2. The van der Waals surface area contributed by atoms with Crippen LogP contribution in [0.2, 0.25) is 0 Å². The van der Waals surface area contributed by atoms with E-state index in [2.05, 4.69) is 57.1 Å². The zero-order valence-corrected chi connectivity index (χ0v) is 33.8. The molecular weight excluding hydrogens is 711 g/mol. The second-order valence-electron chi connectivity index (χ2n) is 17.3. The SMILES string of the molecule is COC(=O)N[C@H](C(=O)N1CCC[C@H]1c1cc(C23CCC(c4ccc(-c5cnc([C@@H]6CCCN6C(=O)[C@@H](NC(=O)OC)C(C)C)[nH]5)cc4)(CC2)CC3)c[nH]1)C(C)C. The highest BCUT2D eigenvalue weighted by Crippen LogP contribution is 2.59. The Balaban J connectivity index is 0.994. The lowest BCUT2D eigenvalue weighted by molar-refractivity contribution is -0.136. The van der Waals surface area contributed by atoms with E-state index >= 15 is 0 Å². The number of benzene rings is 1. The summed E-state index contributed by atoms with van der Waals surface area (Å²) in [5.74, 6) is 0.442. The van der Waals surface area contributed by atoms with Crippen molar-refractivity contribution in [3.63, 3.8) is 0 Å². The number of hydrogen-bond acceptors (Lipinski definition) is 7. The van der Waals surface area contributed by atoms with E-state index in [1.54, 1.807) is 0 Å². The van der Waals surface area contributed by atoms with Gasteiger partial charge in [0.1, 0.15) is 17.9 Å². The summed E-state index contributed by atoms with van der Waals surface area (Å²) in [4.78, 5) is 66.9. The molecule has 13 nitrogen and oxygen atoms in total. The molecule has 3 aliphatic carbocycles. The van der Waals surface area contributed by atoms with Gasteiger partial charge >= 0.3 is 12.2 Å². The number of aromatic nitrogens is 3. The van der Waals surface area contributed by atoms with Crippen LogP contribution in [0.1, 0.15) is 127 Å². The Morgan fingerprint density at radius 1 is 0.750 bits per heavy atom. The van der Waals surface area contributed by atoms with E-state index in [0.29, 0.717) is 13.1 Å². The molecule has 0 unspecified atom stereocenters. The Morgan fingerprint density at radius 3 is 1.77 bits per heavy atom. The first-order valence-electron chi connectivity index (χ1n) is 20.5. The summed E-state index contributed by atoms with van der Waals surface area (Å²) in [5.41, 5.74) is 6.14. The lowest BCUT2D eigenvalue weighted by Crippen LogP contribution is -2.51. The van der Waals surface area contributed by atoms with Gasteiger partial charge in [0, 0.05) is 25.0 Å². The number of likely N-dealkylation sites (tertiary alicyclic amines) is 2. The van der Waals surface area contributed by atoms with Crippen molar-refractivity contribution in [1.82, 2.24) is 35.4 Å². The van der Waals surface area contributed by atoms with Crippen molar-refractivity contribution in [2.75, 3.05) is 27.3 Å². The predicted octanol–water partition coefficient (Wildman–Crippen LogP) is 7.04. The Morgan fingerprint density at radius 2 is 1.25 bits per heavy atom. The molecule has 1 aromatic carbocycles. The highest BCUT2D eigenvalue weighted by molar-refractivity contribution is 5.87. The molecule has 0 radical (unpaired) electrons. The number of imidazole rings is 1. The first kappa shape index (κ1) is 39.4. The van der Waals surface area contributed by atoms with Crippen molar-refractivity contribution in [1.29, 1.82) is 0 Å². The van der Waals surface area contributed by atoms with Crippen LogP contribution in [0.15, 0.2) is 42.7 Å². The number of aromatic amines is 2. The molecule has 2 saturated heterocycles. The van der Waals surface area contributed by atoms with E-state index in [1.807, 2.05) is 43.7 Å². The summed E-state index contributed by atoms with van der Waals surface area (Å²) in [6.07, 6.45) is 13.2. The number of methoxy groups -OCH3 is 2. The van der Waals surface area contributed by atoms with E-state index in [1.165, 1.54) is 25.3 Å². The van der Waals surface area contributed by atoms with Crippen LogP contribution < -0.4 is 10.6 Å². The van der Waals surface area contributed by atoms with Crippen molar-refractivity contribution in [3.05, 3.63) is 65.4 Å². The summed E-state index contributed by atoms with van der Waals surface area (Å²) in [6, 6.07) is 9.80. The molecule has 302 valence electrons. The molecule has 5 aliphatic rings. The minimum Gasteiger partial charge on any atom is -0.453 e. The molecule has 4 heterocycles. The van der Waals surface area contributed by atoms with Gasteiger partial charge in [0.25, 0.3) is 0 Å². The maximum absolute atomic E-state index is 13.7. The van der Waals surface area contributed by atoms with E-state index in [9.17, 15) is 19.2 Å². The average molecular weight is 770 g/mol. The average Bonchev–Trinajstić information content (AvgIpc) is 4.06. The van der Waals surface area contributed by atoms with Crippen molar-refractivity contribution in [3.8, 4) is 11.3 Å². The maximum Gasteiger partial charge on any atom is 0.407 e. The number of carbonyl (C=O) groups is 4. The van der Waals surface area contributed by atoms with Crippen LogP contribution in [-0.4, -0.2) is 88.1 Å². The van der Waals surface area contributed by atoms with Gasteiger partial charge in [0.2, 0.25) is 11.8 Å². The molecule has 2 bridgehead atoms. The molecule has 4 atom stereocenters. The Kier molecular flexibility index (Phi) is 11.2. The van der Waals surface area contributed by atoms with Gasteiger partial charge in [0.05, 0.1) is 38.2 Å². The number of ether oxygens (including phenoxy) is 2. The van der Waals surface area contributed by atoms with Crippen molar-refractivity contribution < 1.29 is 28.7 Å². The largest absolute Gasteiger partial charge is 0.453 e. The molecule has 4 N–H and O–H groups in total. The van der Waals surface area contributed by atoms with E-state index in [4.69, 9.17) is 14.5 Å². The van der Waals surface area contributed by atoms with Crippen LogP contribution in [0.5, 0.6) is 0 Å². The predicted molar refractivity (Wildman–Crippen MR) is 212 cm³/mol. The van der Waals surface area contributed by atoms with Gasteiger partial charge in [-0.2, -0.15) is 0 Å². The third-order valence-electron chi connectivity index (χ3n) is 13.5. The molecule has 2 aromatic heterocycles. The lowest BCUT2D eigenvalue weighted by atomic mass is 9.50. The molecule has 3 saturated carbocycles. The van der Waals surface area contributed by atoms with Gasteiger partial charge in [-0.3, -0.25) is 9.59 Å². The van der Waals surface area contributed by atoms with Crippen LogP contribution >= 0.6 is 0 Å². The standard InChI is InChI=1S/C43H59N7O6/c1-26(2)35(47-40(53)55-5)38(51)49-21-7-9-33(49)31-23-30(24-44-31)43-18-15-42(16-19-43,17-20-43)29-13-11-28(12-14-29)32-25-45-37(46-32)34-10-8-22-50(34)39(52)36(27(3)4)48-41(54)56-6/h11-14,23-27,33-36,44H,7-10,15-22H2,1-6H3,(H,45,46)(H,47,53)(H,48,54)/t33-,34-,35-,36-,42?,43?/m0/s1. The Labute approximate surface area is 330 Å². The molecule has 13 heteroatoms. The molecule has 4 amide bonds. The second-order valence-corrected chi connectivity index (χ2v) is 17.3. The fourth-order valence-electron chi connectivity index (χ4n) is 10.0. The van der Waals surface area contributed by atoms with Crippen LogP contribution in [0.25, 0.3) is 11.3 Å². The summed E-state index contributed by atoms with van der Waals surface area (Å²) >= 11 is 0. The monoisotopic (exact) mass is 769 g/mol. The number of amides is 4. The van der Waals surface area contributed by atoms with E-state index in [0.717, 1.165) is 87.0 Å². The summed E-state index contributed by atoms with van der Waals surface area (Å²) in [7, 11) is 2.62. The zero-order valence-electron chi connectivity index (χ0n) is 33.8. The van der Waals surface area contributed by atoms with Crippen LogP contribution in [-0.2, 0) is 29.9 Å². The fraction of sp³-hybridized carbons (Fsp3) is 0.605. The fourth-order valence-corrected chi connectivity index (χ4v) is 10.0. The van der Waals surface area contributed by atoms with Gasteiger partial charge in [-0.1, -0.05) is 52.0 Å². The Hall–Kier alpha value is -4.81. The quantitative estimate of drug-likeness (QED) is 0.163. The molecule has 3 aromatic rings. The minimum atomic E-state index is -0.670. The topological polar surface area (TPSA) is 162 Å². The number of hydrogen-bond donors (Lipinski definition) is 4. The number of alkyl carbamates (subject to hydrolysis) is 2. The third kappa shape index (κ3) is 7.41. The van der Waals surface area contributed by atoms with Crippen LogP contribution in [0.4, 0.5) is 9.59 Å². The number of carbonyl (C=O) groups excluding carboxylic acids is 4. The molecule has 5 fully saturated rings. The number of fused-ring (bicyclic) bond motifs is 3. The summed E-state index contributed by atoms with van der Waals surface area (Å²) in [5, 5.41) is 5.47. The van der Waals surface area contributed by atoms with Crippen LogP contribution in [0, 0.1) is 11.8 Å². The molecule has 56 heavy (non-hydrogen) atoms. The molecule has 8 rings (SSSR count). The number of nitrogens with zero attached hydrogens (tertiary/aromatic N) is 3. The van der Waals surface area contributed by atoms with E-state index < -0.39 is 24.3 Å². The van der Waals surface area contributed by atoms with Gasteiger partial charge < -0.3 is 39.9 Å². The minimum absolute atomic E-state index is 0.0313. The molecular formula is C43H59N7O6. The maximum atomic E-state index is 13.7. The Bertz CT molecular complexity index is 1870. The first-order valence-corrected chi connectivity index (χ1v) is 20.5. The van der Waals surface area contributed by atoms with Crippen LogP contribution in [0.3, 0.4) is 0 Å². The highest BCUT2D eigenvalue weighted by Gasteiger charge is 2.50. The normalized spacial score (nSPS) is 25.7. The second kappa shape index (κ2) is 16.0.